The van der Waals surface area contributed by atoms with E-state index in [9.17, 15) is 0 Å². The summed E-state index contributed by atoms with van der Waals surface area (Å²) < 4.78 is 5.51. The van der Waals surface area contributed by atoms with E-state index in [-0.39, 0.29) is 0 Å². The molecule has 0 saturated carbocycles. The maximum absolute atomic E-state index is 5.51. The van der Waals surface area contributed by atoms with Gasteiger partial charge in [0.1, 0.15) is 0 Å². The maximum atomic E-state index is 5.51. The first-order valence-electron chi connectivity index (χ1n) is 6.13. The molecular weight excluding hydrogens is 198 g/mol. The van der Waals surface area contributed by atoms with Crippen molar-refractivity contribution < 1.29 is 4.74 Å². The second-order valence-electron chi connectivity index (χ2n) is 4.16. The van der Waals surface area contributed by atoms with Crippen molar-refractivity contribution in [2.24, 2.45) is 0 Å². The van der Waals surface area contributed by atoms with Gasteiger partial charge in [-0.15, -0.1) is 0 Å². The highest BCUT2D eigenvalue weighted by molar-refractivity contribution is 5.56. The van der Waals surface area contributed by atoms with Crippen LogP contribution in [0.25, 0.3) is 0 Å². The van der Waals surface area contributed by atoms with Gasteiger partial charge in [0, 0.05) is 18.8 Å². The second-order valence-corrected chi connectivity index (χ2v) is 4.16. The van der Waals surface area contributed by atoms with Crippen LogP contribution in [-0.4, -0.2) is 19.8 Å². The lowest BCUT2D eigenvalue weighted by atomic mass is 10.1. The first-order valence-corrected chi connectivity index (χ1v) is 6.13. The van der Waals surface area contributed by atoms with E-state index in [1.165, 1.54) is 23.2 Å². The fourth-order valence-electron chi connectivity index (χ4n) is 1.69. The van der Waals surface area contributed by atoms with E-state index in [1.807, 2.05) is 0 Å². The maximum Gasteiger partial charge on any atom is 0.0639 e. The molecule has 0 radical (unpaired) electrons. The lowest BCUT2D eigenvalue weighted by Gasteiger charge is -2.12. The lowest BCUT2D eigenvalue weighted by molar-refractivity contribution is 0.141. The normalized spacial score (nSPS) is 10.4. The Hall–Kier alpha value is -1.02. The Morgan fingerprint density at radius 3 is 2.44 bits per heavy atom. The first-order chi connectivity index (χ1) is 7.75. The molecule has 90 valence electrons. The molecule has 1 N–H and O–H groups in total. The number of hydrogen-bond donors (Lipinski definition) is 1. The zero-order valence-electron chi connectivity index (χ0n) is 10.7. The van der Waals surface area contributed by atoms with E-state index < -0.39 is 0 Å². The van der Waals surface area contributed by atoms with Crippen molar-refractivity contribution >= 4 is 5.69 Å². The van der Waals surface area contributed by atoms with Crippen LogP contribution in [0.15, 0.2) is 18.2 Å². The second kappa shape index (κ2) is 7.29. The van der Waals surface area contributed by atoms with Crippen LogP contribution in [0.2, 0.25) is 0 Å². The van der Waals surface area contributed by atoms with E-state index in [1.54, 1.807) is 0 Å². The van der Waals surface area contributed by atoms with Gasteiger partial charge in [-0.05, 0) is 31.4 Å². The van der Waals surface area contributed by atoms with Crippen LogP contribution < -0.4 is 5.32 Å². The number of nitrogens with one attached hydrogen (secondary N) is 1. The van der Waals surface area contributed by atoms with Crippen LogP contribution in [0, 0.1) is 13.8 Å². The molecule has 1 aromatic carbocycles. The summed E-state index contributed by atoms with van der Waals surface area (Å²) in [5.74, 6) is 0. The van der Waals surface area contributed by atoms with Gasteiger partial charge in [-0.25, -0.2) is 0 Å². The molecule has 2 heteroatoms. The molecule has 0 amide bonds. The summed E-state index contributed by atoms with van der Waals surface area (Å²) in [4.78, 5) is 0. The van der Waals surface area contributed by atoms with Gasteiger partial charge in [-0.2, -0.15) is 0 Å². The Bertz CT molecular complexity index is 289. The van der Waals surface area contributed by atoms with Crippen molar-refractivity contribution in [3.8, 4) is 0 Å². The van der Waals surface area contributed by atoms with E-state index in [4.69, 9.17) is 4.74 Å². The van der Waals surface area contributed by atoms with Crippen LogP contribution in [0.5, 0.6) is 0 Å². The summed E-state index contributed by atoms with van der Waals surface area (Å²) in [5, 5.41) is 3.43. The molecule has 16 heavy (non-hydrogen) atoms. The lowest BCUT2D eigenvalue weighted by Crippen LogP contribution is -2.11. The highest BCUT2D eigenvalue weighted by Crippen LogP contribution is 2.18. The SMILES string of the molecule is CCCCOCCNc1c(C)cccc1C. The van der Waals surface area contributed by atoms with Gasteiger partial charge in [0.2, 0.25) is 0 Å². The number of anilines is 1. The standard InChI is InChI=1S/C14H23NO/c1-4-5-10-16-11-9-15-14-12(2)7-6-8-13(14)3/h6-8,15H,4-5,9-11H2,1-3H3. The quantitative estimate of drug-likeness (QED) is 0.711. The summed E-state index contributed by atoms with van der Waals surface area (Å²) in [6, 6.07) is 6.36. The van der Waals surface area contributed by atoms with E-state index >= 15 is 0 Å². The van der Waals surface area contributed by atoms with Crippen LogP contribution in [0.4, 0.5) is 5.69 Å². The van der Waals surface area contributed by atoms with E-state index in [0.29, 0.717) is 0 Å². The highest BCUT2D eigenvalue weighted by Gasteiger charge is 1.99. The Kier molecular flexibility index (Phi) is 5.94. The van der Waals surface area contributed by atoms with Crippen LogP contribution in [-0.2, 0) is 4.74 Å². The Morgan fingerprint density at radius 1 is 1.12 bits per heavy atom. The minimum Gasteiger partial charge on any atom is -0.382 e. The number of para-hydroxylation sites is 1. The molecule has 0 spiro atoms. The van der Waals surface area contributed by atoms with Crippen molar-refractivity contribution in [3.05, 3.63) is 29.3 Å². The molecule has 2 nitrogen and oxygen atoms in total. The first kappa shape index (κ1) is 13.0. The number of aryl methyl sites for hydroxylation is 2. The molecule has 0 aliphatic heterocycles. The highest BCUT2D eigenvalue weighted by atomic mass is 16.5. The van der Waals surface area contributed by atoms with Crippen molar-refractivity contribution in [3.63, 3.8) is 0 Å². The Balaban J connectivity index is 2.26. The average Bonchev–Trinajstić information content (AvgIpc) is 2.26. The van der Waals surface area contributed by atoms with Crippen LogP contribution in [0.1, 0.15) is 30.9 Å². The minimum absolute atomic E-state index is 0.785. The Morgan fingerprint density at radius 2 is 1.81 bits per heavy atom. The number of rotatable bonds is 7. The number of unbranched alkanes of at least 4 members (excludes halogenated alkanes) is 1. The monoisotopic (exact) mass is 221 g/mol. The van der Waals surface area contributed by atoms with E-state index in [0.717, 1.165) is 26.2 Å². The van der Waals surface area contributed by atoms with Crippen LogP contribution >= 0.6 is 0 Å². The largest absolute Gasteiger partial charge is 0.382 e. The fourth-order valence-corrected chi connectivity index (χ4v) is 1.69. The molecule has 1 rings (SSSR count). The van der Waals surface area contributed by atoms with Gasteiger partial charge < -0.3 is 10.1 Å². The molecule has 0 unspecified atom stereocenters. The average molecular weight is 221 g/mol. The zero-order valence-corrected chi connectivity index (χ0v) is 10.7. The van der Waals surface area contributed by atoms with Gasteiger partial charge >= 0.3 is 0 Å². The smallest absolute Gasteiger partial charge is 0.0639 e. The summed E-state index contributed by atoms with van der Waals surface area (Å²) in [7, 11) is 0. The molecule has 0 saturated heterocycles. The number of benzene rings is 1. The van der Waals surface area contributed by atoms with Crippen molar-refractivity contribution in [2.45, 2.75) is 33.6 Å². The van der Waals surface area contributed by atoms with Gasteiger partial charge in [0.15, 0.2) is 0 Å². The third-order valence-electron chi connectivity index (χ3n) is 2.67. The Labute approximate surface area is 99.0 Å². The predicted octanol–water partition coefficient (Wildman–Crippen LogP) is 3.53. The number of hydrogen-bond acceptors (Lipinski definition) is 2. The molecule has 1 aromatic rings. The topological polar surface area (TPSA) is 21.3 Å². The molecule has 0 atom stereocenters. The van der Waals surface area contributed by atoms with Crippen molar-refractivity contribution in [1.82, 2.24) is 0 Å². The molecule has 0 fully saturated rings. The fraction of sp³-hybridized carbons (Fsp3) is 0.571. The molecule has 0 aromatic heterocycles. The minimum atomic E-state index is 0.785. The molecule has 0 bridgehead atoms. The predicted molar refractivity (Wildman–Crippen MR) is 70.1 cm³/mol. The molecular formula is C14H23NO. The number of ether oxygens (including phenoxy) is 1. The van der Waals surface area contributed by atoms with E-state index in [2.05, 4.69) is 44.3 Å². The molecule has 0 aliphatic rings. The van der Waals surface area contributed by atoms with Gasteiger partial charge in [0.25, 0.3) is 0 Å². The van der Waals surface area contributed by atoms with Gasteiger partial charge in [-0.1, -0.05) is 31.5 Å². The zero-order chi connectivity index (χ0) is 11.8. The third kappa shape index (κ3) is 4.23. The van der Waals surface area contributed by atoms with Crippen LogP contribution in [0.3, 0.4) is 0 Å². The summed E-state index contributed by atoms with van der Waals surface area (Å²) in [5.41, 5.74) is 3.85. The van der Waals surface area contributed by atoms with Crippen molar-refractivity contribution in [2.75, 3.05) is 25.1 Å². The van der Waals surface area contributed by atoms with Gasteiger partial charge in [-0.3, -0.25) is 0 Å². The summed E-state index contributed by atoms with van der Waals surface area (Å²) in [6.45, 7) is 8.99. The summed E-state index contributed by atoms with van der Waals surface area (Å²) in [6.07, 6.45) is 2.35. The van der Waals surface area contributed by atoms with Crippen molar-refractivity contribution in [1.29, 1.82) is 0 Å². The third-order valence-corrected chi connectivity index (χ3v) is 2.67. The summed E-state index contributed by atoms with van der Waals surface area (Å²) >= 11 is 0. The van der Waals surface area contributed by atoms with Gasteiger partial charge in [0.05, 0.1) is 6.61 Å². The molecule has 0 aliphatic carbocycles. The molecule has 0 heterocycles.